The summed E-state index contributed by atoms with van der Waals surface area (Å²) in [6.07, 6.45) is 13.0. The predicted molar refractivity (Wildman–Crippen MR) is 149 cm³/mol. The minimum Gasteiger partial charge on any atom is -0.465 e. The molecule has 1 unspecified atom stereocenters. The first-order valence-corrected chi connectivity index (χ1v) is 14.8. The van der Waals surface area contributed by atoms with Crippen molar-refractivity contribution < 1.29 is 24.2 Å². The van der Waals surface area contributed by atoms with E-state index in [1.165, 1.54) is 0 Å². The van der Waals surface area contributed by atoms with Gasteiger partial charge in [-0.1, -0.05) is 49.3 Å². The van der Waals surface area contributed by atoms with E-state index in [9.17, 15) is 14.4 Å². The first-order chi connectivity index (χ1) is 18.4. The Morgan fingerprint density at radius 2 is 1.89 bits per heavy atom. The number of allylic oxidation sites excluding steroid dienone is 1. The van der Waals surface area contributed by atoms with Crippen LogP contribution in [0.4, 0.5) is 5.69 Å². The summed E-state index contributed by atoms with van der Waals surface area (Å²) in [4.78, 5) is 45.6. The normalized spacial score (nSPS) is 31.6. The summed E-state index contributed by atoms with van der Waals surface area (Å²) in [5.41, 5.74) is 2.94. The fourth-order valence-corrected chi connectivity index (χ4v) is 8.47. The molecule has 0 radical (unpaired) electrons. The third-order valence-electron chi connectivity index (χ3n) is 8.31. The predicted octanol–water partition coefficient (Wildman–Crippen LogP) is 3.95. The molecule has 1 aromatic rings. The molecule has 0 aromatic heterocycles. The number of esters is 1. The smallest absolute Gasteiger partial charge is 0.311 e. The molecule has 4 aliphatic heterocycles. The van der Waals surface area contributed by atoms with Crippen molar-refractivity contribution in [2.75, 3.05) is 31.2 Å². The fraction of sp³-hybridized carbons (Fsp3) is 0.567. The maximum atomic E-state index is 14.5. The van der Waals surface area contributed by atoms with E-state index in [0.29, 0.717) is 19.7 Å². The van der Waals surface area contributed by atoms with Crippen molar-refractivity contribution in [2.24, 2.45) is 11.8 Å². The van der Waals surface area contributed by atoms with Gasteiger partial charge in [-0.3, -0.25) is 14.4 Å². The van der Waals surface area contributed by atoms with Gasteiger partial charge in [-0.05, 0) is 56.7 Å². The van der Waals surface area contributed by atoms with Crippen molar-refractivity contribution in [3.63, 3.8) is 0 Å². The van der Waals surface area contributed by atoms with Crippen molar-refractivity contribution in [1.29, 1.82) is 0 Å². The minimum atomic E-state index is -0.830. The highest BCUT2D eigenvalue weighted by atomic mass is 32.2. The molecule has 2 saturated heterocycles. The lowest BCUT2D eigenvalue weighted by Crippen LogP contribution is -2.53. The lowest BCUT2D eigenvalue weighted by atomic mass is 9.78. The number of nitrogens with zero attached hydrogens (tertiary/aromatic N) is 2. The number of ether oxygens (including phenoxy) is 1. The van der Waals surface area contributed by atoms with Crippen molar-refractivity contribution in [1.82, 2.24) is 4.90 Å². The molecule has 204 valence electrons. The molecule has 38 heavy (non-hydrogen) atoms. The molecular formula is C30H38N2O5S. The fourth-order valence-electron chi connectivity index (χ4n) is 6.47. The van der Waals surface area contributed by atoms with Crippen LogP contribution in [0.5, 0.6) is 0 Å². The number of carbonyl (C=O) groups excluding carboxylic acids is 3. The number of rotatable bonds is 7. The number of cyclic esters (lactones) is 1. The van der Waals surface area contributed by atoms with Crippen LogP contribution in [0, 0.1) is 25.7 Å². The number of amides is 2. The molecule has 1 aromatic carbocycles. The largest absolute Gasteiger partial charge is 0.465 e. The van der Waals surface area contributed by atoms with Gasteiger partial charge in [0.15, 0.2) is 0 Å². The number of benzene rings is 1. The zero-order chi connectivity index (χ0) is 26.9. The highest BCUT2D eigenvalue weighted by Gasteiger charge is 2.70. The number of anilines is 1. The second kappa shape index (κ2) is 11.3. The number of aryl methyl sites for hydroxylation is 2. The number of likely N-dealkylation sites (tertiary alicyclic amines) is 1. The zero-order valence-corrected chi connectivity index (χ0v) is 23.1. The van der Waals surface area contributed by atoms with E-state index in [1.807, 2.05) is 43.0 Å². The first-order valence-electron chi connectivity index (χ1n) is 13.9. The van der Waals surface area contributed by atoms with E-state index in [0.717, 1.165) is 55.3 Å². The summed E-state index contributed by atoms with van der Waals surface area (Å²) in [6.45, 7) is 5.39. The van der Waals surface area contributed by atoms with Crippen LogP contribution in [-0.4, -0.2) is 70.1 Å². The Balaban J connectivity index is 1.55. The summed E-state index contributed by atoms with van der Waals surface area (Å²) >= 11 is 1.59. The van der Waals surface area contributed by atoms with Gasteiger partial charge in [-0.25, -0.2) is 0 Å². The van der Waals surface area contributed by atoms with Crippen molar-refractivity contribution in [3.05, 3.63) is 53.6 Å². The third-order valence-corrected chi connectivity index (χ3v) is 10.1. The second-order valence-corrected chi connectivity index (χ2v) is 12.4. The van der Waals surface area contributed by atoms with Gasteiger partial charge < -0.3 is 19.6 Å². The Hall–Kier alpha value is -2.58. The third kappa shape index (κ3) is 4.70. The van der Waals surface area contributed by atoms with Gasteiger partial charge in [0.1, 0.15) is 6.04 Å². The quantitative estimate of drug-likeness (QED) is 0.321. The Labute approximate surface area is 229 Å². The standard InChI is InChI=1S/C30H38N2O5S/c1-20-12-13-21(2)22(19-20)31-16-10-14-30-25(24-23(38-30)11-6-5-9-18-37-29(24)36)27(34)32(26(30)28(31)35)15-7-3-4-8-17-33/h6,10-14,19,23-26,33H,3-5,7-9,15-18H2,1-2H3/b11-6-/t23-,24+,25+,26?,30+/m1/s1. The maximum absolute atomic E-state index is 14.5. The van der Waals surface area contributed by atoms with E-state index in [-0.39, 0.29) is 29.6 Å². The number of fused-ring (bicyclic) bond motifs is 2. The van der Waals surface area contributed by atoms with Crippen LogP contribution in [0.1, 0.15) is 49.7 Å². The van der Waals surface area contributed by atoms with Crippen molar-refractivity contribution in [3.8, 4) is 0 Å². The Kier molecular flexibility index (Phi) is 8.00. The van der Waals surface area contributed by atoms with Crippen molar-refractivity contribution >= 4 is 35.2 Å². The lowest BCUT2D eigenvalue weighted by molar-refractivity contribution is -0.153. The van der Waals surface area contributed by atoms with E-state index < -0.39 is 22.6 Å². The average Bonchev–Trinajstić information content (AvgIpc) is 3.30. The Morgan fingerprint density at radius 1 is 1.08 bits per heavy atom. The van der Waals surface area contributed by atoms with E-state index in [4.69, 9.17) is 9.84 Å². The van der Waals surface area contributed by atoms with Crippen LogP contribution in [0.2, 0.25) is 0 Å². The van der Waals surface area contributed by atoms with Gasteiger partial charge in [0.2, 0.25) is 5.91 Å². The second-order valence-electron chi connectivity index (χ2n) is 10.9. The number of aliphatic hydroxyl groups is 1. The van der Waals surface area contributed by atoms with Crippen LogP contribution in [-0.2, 0) is 19.1 Å². The number of unbranched alkanes of at least 4 members (excludes halogenated alkanes) is 3. The summed E-state index contributed by atoms with van der Waals surface area (Å²) in [5.74, 6) is -1.81. The highest BCUT2D eigenvalue weighted by Crippen LogP contribution is 2.61. The van der Waals surface area contributed by atoms with Gasteiger partial charge in [0, 0.05) is 30.6 Å². The number of aliphatic hydroxyl groups excluding tert-OH is 1. The highest BCUT2D eigenvalue weighted by molar-refractivity contribution is 8.02. The number of thioether (sulfide) groups is 1. The van der Waals surface area contributed by atoms with Gasteiger partial charge in [0.05, 0.1) is 23.2 Å². The number of hydrogen-bond acceptors (Lipinski definition) is 6. The van der Waals surface area contributed by atoms with Gasteiger partial charge in [0.25, 0.3) is 5.91 Å². The minimum absolute atomic E-state index is 0.0914. The zero-order valence-electron chi connectivity index (χ0n) is 22.3. The van der Waals surface area contributed by atoms with Crippen LogP contribution in [0.25, 0.3) is 0 Å². The molecule has 7 nitrogen and oxygen atoms in total. The Bertz CT molecular complexity index is 1150. The monoisotopic (exact) mass is 538 g/mol. The molecular weight excluding hydrogens is 500 g/mol. The van der Waals surface area contributed by atoms with Gasteiger partial charge >= 0.3 is 5.97 Å². The molecule has 0 bridgehead atoms. The summed E-state index contributed by atoms with van der Waals surface area (Å²) < 4.78 is 4.81. The van der Waals surface area contributed by atoms with Crippen LogP contribution >= 0.6 is 11.8 Å². The SMILES string of the molecule is Cc1ccc(C)c(N2CC=C[C@]34S[C@@H]5/C=C\CCCOC(=O)[C@@H]5[C@H]3C(=O)N(CCCCCCO)C4C2=O)c1. The van der Waals surface area contributed by atoms with Gasteiger partial charge in [-0.2, -0.15) is 0 Å². The van der Waals surface area contributed by atoms with Crippen LogP contribution in [0.15, 0.2) is 42.5 Å². The summed E-state index contributed by atoms with van der Waals surface area (Å²) in [7, 11) is 0. The average molecular weight is 539 g/mol. The number of carbonyl (C=O) groups is 3. The van der Waals surface area contributed by atoms with Crippen LogP contribution in [0.3, 0.4) is 0 Å². The molecule has 8 heteroatoms. The van der Waals surface area contributed by atoms with E-state index >= 15 is 0 Å². The lowest BCUT2D eigenvalue weighted by Gasteiger charge is -2.35. The molecule has 4 aliphatic rings. The molecule has 1 N–H and O–H groups in total. The van der Waals surface area contributed by atoms with Gasteiger partial charge in [-0.15, -0.1) is 11.8 Å². The molecule has 5 rings (SSSR count). The summed E-state index contributed by atoms with van der Waals surface area (Å²) in [5, 5.41) is 8.94. The number of hydrogen-bond donors (Lipinski definition) is 1. The molecule has 2 amide bonds. The summed E-state index contributed by atoms with van der Waals surface area (Å²) in [6, 6.07) is 5.40. The topological polar surface area (TPSA) is 87.2 Å². The van der Waals surface area contributed by atoms with Crippen molar-refractivity contribution in [2.45, 2.75) is 68.4 Å². The first kappa shape index (κ1) is 27.0. The van der Waals surface area contributed by atoms with E-state index in [2.05, 4.69) is 18.2 Å². The van der Waals surface area contributed by atoms with E-state index in [1.54, 1.807) is 16.7 Å². The molecule has 0 aliphatic carbocycles. The molecule has 5 atom stereocenters. The van der Waals surface area contributed by atoms with Crippen LogP contribution < -0.4 is 4.90 Å². The molecule has 2 fully saturated rings. The Morgan fingerprint density at radius 3 is 2.71 bits per heavy atom. The maximum Gasteiger partial charge on any atom is 0.311 e. The molecule has 0 saturated carbocycles. The molecule has 1 spiro atoms. The molecule has 4 heterocycles.